The minimum atomic E-state index is -4.80. The Labute approximate surface area is 281 Å². The second-order valence-corrected chi connectivity index (χ2v) is 15.7. The molecule has 2 heterocycles. The highest BCUT2D eigenvalue weighted by Crippen LogP contribution is 2.51. The number of carbonyl (C=O) groups excluding carboxylic acids is 3. The minimum absolute atomic E-state index is 0.0782. The van der Waals surface area contributed by atoms with Crippen molar-refractivity contribution in [3.63, 3.8) is 0 Å². The van der Waals surface area contributed by atoms with Crippen LogP contribution >= 0.6 is 0 Å². The molecule has 3 fully saturated rings. The summed E-state index contributed by atoms with van der Waals surface area (Å²) >= 11 is 0. The van der Waals surface area contributed by atoms with Gasteiger partial charge in [0.2, 0.25) is 0 Å². The number of imide groups is 1. The monoisotopic (exact) mass is 707 g/mol. The Bertz CT molecular complexity index is 2330. The molecule has 0 radical (unpaired) electrons. The average Bonchev–Trinajstić information content (AvgIpc) is 3.61. The van der Waals surface area contributed by atoms with Crippen molar-refractivity contribution in [1.29, 1.82) is 0 Å². The number of Topliss-reactive ketones (excluding diaryl/α,β-unsaturated/α-hetero) is 1. The Kier molecular flexibility index (Phi) is 7.62. The molecule has 5 unspecified atom stereocenters. The van der Waals surface area contributed by atoms with Crippen LogP contribution in [0, 0.1) is 28.6 Å². The van der Waals surface area contributed by atoms with E-state index in [1.54, 1.807) is 86.5 Å². The summed E-state index contributed by atoms with van der Waals surface area (Å²) in [6, 6.07) is 19.4. The third-order valence-corrected chi connectivity index (χ3v) is 12.0. The summed E-state index contributed by atoms with van der Waals surface area (Å²) in [4.78, 5) is 57.1. The number of benzene rings is 4. The summed E-state index contributed by atoms with van der Waals surface area (Å²) in [5.41, 5.74) is 1.11. The largest absolute Gasteiger partial charge is 0.377 e. The van der Waals surface area contributed by atoms with Gasteiger partial charge in [-0.2, -0.15) is 21.0 Å². The predicted molar refractivity (Wildman–Crippen MR) is 176 cm³/mol. The van der Waals surface area contributed by atoms with E-state index >= 15 is 0 Å². The van der Waals surface area contributed by atoms with E-state index in [9.17, 15) is 36.1 Å². The van der Waals surface area contributed by atoms with Crippen LogP contribution < -0.4 is 9.80 Å². The number of carbonyl (C=O) groups is 3. The lowest BCUT2D eigenvalue weighted by Gasteiger charge is -2.20. The molecule has 14 nitrogen and oxygen atoms in total. The number of hydrogen-bond acceptors (Lipinski definition) is 12. The van der Waals surface area contributed by atoms with E-state index in [4.69, 9.17) is 8.47 Å². The lowest BCUT2D eigenvalue weighted by molar-refractivity contribution is -0.603. The molecule has 2 aliphatic heterocycles. The molecule has 3 aliphatic rings. The van der Waals surface area contributed by atoms with Crippen LogP contribution in [-0.2, 0) is 43.1 Å². The van der Waals surface area contributed by atoms with Crippen LogP contribution in [0.25, 0.3) is 21.5 Å². The van der Waals surface area contributed by atoms with Crippen LogP contribution in [0.1, 0.15) is 0 Å². The molecule has 49 heavy (non-hydrogen) atoms. The van der Waals surface area contributed by atoms with Crippen LogP contribution in [-0.4, -0.2) is 85.2 Å². The number of nitrogens with zero attached hydrogens (tertiary/aromatic N) is 4. The highest BCUT2D eigenvalue weighted by Gasteiger charge is 2.73. The van der Waals surface area contributed by atoms with Crippen molar-refractivity contribution in [2.45, 2.75) is 16.0 Å². The molecule has 0 aromatic heterocycles. The number of nitroso groups, excluding NO2 is 1. The number of rotatable bonds is 8. The Hall–Kier alpha value is -4.77. The van der Waals surface area contributed by atoms with Crippen LogP contribution in [0.2, 0.25) is 0 Å². The predicted octanol–water partition coefficient (Wildman–Crippen LogP) is 2.69. The number of anilines is 2. The number of fused-ring (bicyclic) bond motifs is 5. The van der Waals surface area contributed by atoms with Crippen molar-refractivity contribution in [2.24, 2.45) is 23.7 Å². The molecule has 4 aromatic carbocycles. The normalized spacial score (nSPS) is 23.8. The van der Waals surface area contributed by atoms with E-state index < -0.39 is 74.3 Å². The van der Waals surface area contributed by atoms with Gasteiger partial charge < -0.3 is 9.80 Å². The molecule has 0 bridgehead atoms. The Balaban J connectivity index is 1.18. The Morgan fingerprint density at radius 2 is 1.18 bits per heavy atom. The molecule has 16 heteroatoms. The molecule has 4 aromatic rings. The quantitative estimate of drug-likeness (QED) is 0.114. The highest BCUT2D eigenvalue weighted by atomic mass is 32.2. The van der Waals surface area contributed by atoms with Crippen molar-refractivity contribution >= 4 is 70.8 Å². The second kappa shape index (κ2) is 11.4. The summed E-state index contributed by atoms with van der Waals surface area (Å²) in [7, 11) is -2.54. The molecular weight excluding hydrogens is 677 g/mol. The van der Waals surface area contributed by atoms with Crippen molar-refractivity contribution < 1.29 is 44.4 Å². The van der Waals surface area contributed by atoms with Gasteiger partial charge >= 0.3 is 26.5 Å². The maximum atomic E-state index is 13.8. The van der Waals surface area contributed by atoms with Gasteiger partial charge in [0.15, 0.2) is 12.3 Å². The zero-order valence-corrected chi connectivity index (χ0v) is 28.3. The lowest BCUT2D eigenvalue weighted by atomic mass is 9.90. The molecule has 2 saturated heterocycles. The van der Waals surface area contributed by atoms with Crippen molar-refractivity contribution in [3.05, 3.63) is 77.7 Å². The third kappa shape index (κ3) is 5.00. The third-order valence-electron chi connectivity index (χ3n) is 9.44. The van der Waals surface area contributed by atoms with Gasteiger partial charge in [-0.3, -0.25) is 14.4 Å². The Morgan fingerprint density at radius 3 is 1.69 bits per heavy atom. The summed E-state index contributed by atoms with van der Waals surface area (Å²) in [6.07, 6.45) is -1.85. The standard InChI is InChI=1S/C33H31N4O10S2/c1-34(2)21-13-5-9-18-11-7-15-23(25(18)21)48(42,43)46-33-28-20(17-36(33)41)27-29(30(28)38)32(40)37(31(27)39)47-49(44,45)24-16-8-12-19-10-6-14-22(26(19)24)35(3)4/h5-16,20,27-29,33H,17H2,1-4H3/q+1. The number of ketones is 1. The smallest absolute Gasteiger partial charge is 0.329 e. The van der Waals surface area contributed by atoms with E-state index in [2.05, 4.69) is 0 Å². The number of hydroxylamine groups is 2. The van der Waals surface area contributed by atoms with Gasteiger partial charge in [-0.05, 0) is 35.0 Å². The van der Waals surface area contributed by atoms with Crippen LogP contribution in [0.3, 0.4) is 0 Å². The zero-order chi connectivity index (χ0) is 35.2. The summed E-state index contributed by atoms with van der Waals surface area (Å²) in [5, 5.41) is 1.88. The number of amides is 2. The maximum absolute atomic E-state index is 13.8. The average molecular weight is 708 g/mol. The van der Waals surface area contributed by atoms with E-state index in [1.165, 1.54) is 24.3 Å². The van der Waals surface area contributed by atoms with Crippen LogP contribution in [0.4, 0.5) is 11.4 Å². The van der Waals surface area contributed by atoms with E-state index in [0.29, 0.717) is 32.9 Å². The topological polar surface area (TPSA) is 168 Å². The highest BCUT2D eigenvalue weighted by molar-refractivity contribution is 7.87. The van der Waals surface area contributed by atoms with Gasteiger partial charge in [0, 0.05) is 60.0 Å². The molecule has 254 valence electrons. The van der Waals surface area contributed by atoms with E-state index in [0.717, 1.165) is 0 Å². The first-order valence-electron chi connectivity index (χ1n) is 15.3. The molecule has 5 atom stereocenters. The van der Waals surface area contributed by atoms with Crippen molar-refractivity contribution in [3.8, 4) is 0 Å². The molecule has 1 saturated carbocycles. The Morgan fingerprint density at radius 1 is 0.694 bits per heavy atom. The van der Waals surface area contributed by atoms with Gasteiger partial charge in [0.25, 0.3) is 11.8 Å². The molecular formula is C33H31N4O10S2+. The fraction of sp³-hybridized carbons (Fsp3) is 0.303. The van der Waals surface area contributed by atoms with Crippen LogP contribution in [0.15, 0.2) is 82.6 Å². The van der Waals surface area contributed by atoms with Gasteiger partial charge in [0.1, 0.15) is 21.6 Å². The fourth-order valence-corrected chi connectivity index (χ4v) is 9.78. The van der Waals surface area contributed by atoms with Crippen molar-refractivity contribution in [2.75, 3.05) is 44.5 Å². The molecule has 2 amide bonds. The van der Waals surface area contributed by atoms with Crippen LogP contribution in [0.5, 0.6) is 0 Å². The first-order valence-corrected chi connectivity index (χ1v) is 18.1. The molecule has 1 aliphatic carbocycles. The molecule has 7 rings (SSSR count). The SMILES string of the molecule is CN(C)c1cccc2cccc(S(=O)(=O)OC3C4C(=O)C5C(=O)N(OS(=O)(=O)c6cccc7cccc(N(C)C)c67)C(=O)C5C4C[N+]3=O)c12. The number of hydrogen-bond donors (Lipinski definition) is 0. The van der Waals surface area contributed by atoms with Gasteiger partial charge in [-0.15, -0.1) is 9.35 Å². The van der Waals surface area contributed by atoms with Gasteiger partial charge in [0.05, 0.1) is 11.8 Å². The minimum Gasteiger partial charge on any atom is -0.377 e. The second-order valence-electron chi connectivity index (χ2n) is 12.7. The first kappa shape index (κ1) is 32.8. The maximum Gasteiger partial charge on any atom is 0.329 e. The summed E-state index contributed by atoms with van der Waals surface area (Å²) < 4.78 is 65.7. The van der Waals surface area contributed by atoms with E-state index in [-0.39, 0.29) is 19.6 Å². The lowest BCUT2D eigenvalue weighted by Crippen LogP contribution is -2.39. The van der Waals surface area contributed by atoms with Gasteiger partial charge in [-0.25, -0.2) is 0 Å². The van der Waals surface area contributed by atoms with E-state index in [1.807, 2.05) is 0 Å². The fourth-order valence-electron chi connectivity index (χ4n) is 7.35. The summed E-state index contributed by atoms with van der Waals surface area (Å²) in [6.45, 7) is -0.509. The zero-order valence-electron chi connectivity index (χ0n) is 26.7. The molecule has 0 N–H and O–H groups in total. The van der Waals surface area contributed by atoms with Gasteiger partial charge in [-0.1, -0.05) is 48.5 Å². The summed E-state index contributed by atoms with van der Waals surface area (Å²) in [5.74, 6) is -8.94. The first-order chi connectivity index (χ1) is 23.1. The van der Waals surface area contributed by atoms with Crippen molar-refractivity contribution in [1.82, 2.24) is 5.06 Å². The molecule has 0 spiro atoms.